The number of aryl methyl sites for hydroxylation is 2. The maximum Gasteiger partial charge on any atom is 0.0705 e. The Labute approximate surface area is 84.5 Å². The first-order chi connectivity index (χ1) is 6.85. The van der Waals surface area contributed by atoms with Gasteiger partial charge < -0.3 is 15.4 Å². The minimum Gasteiger partial charge on any atom is -0.394 e. The molecule has 0 saturated carbocycles. The average Bonchev–Trinajstić information content (AvgIpc) is 2.63. The summed E-state index contributed by atoms with van der Waals surface area (Å²) in [5, 5.41) is 12.3. The lowest BCUT2D eigenvalue weighted by molar-refractivity contribution is 0.249. The molecule has 0 saturated heterocycles. The second-order valence-corrected chi connectivity index (χ2v) is 3.96. The number of aromatic nitrogens is 1. The molecule has 3 N–H and O–H groups in total. The van der Waals surface area contributed by atoms with E-state index in [4.69, 9.17) is 5.11 Å². The number of aliphatic hydroxyl groups is 1. The molecule has 0 spiro atoms. The van der Waals surface area contributed by atoms with Crippen molar-refractivity contribution in [3.05, 3.63) is 23.0 Å². The van der Waals surface area contributed by atoms with Gasteiger partial charge in [-0.05, 0) is 44.4 Å². The Hall–Kier alpha value is -0.800. The Balaban J connectivity index is 2.22. The quantitative estimate of drug-likeness (QED) is 0.676. The lowest BCUT2D eigenvalue weighted by atomic mass is 9.98. The number of likely N-dealkylation sites (N-methyl/N-ethyl adjacent to an activating group) is 1. The maximum atomic E-state index is 9.16. The third kappa shape index (κ3) is 1.70. The fourth-order valence-corrected chi connectivity index (χ4v) is 2.16. The van der Waals surface area contributed by atoms with Crippen LogP contribution in [-0.4, -0.2) is 23.7 Å². The van der Waals surface area contributed by atoms with Crippen LogP contribution in [0.15, 0.2) is 6.07 Å². The van der Waals surface area contributed by atoms with Crippen molar-refractivity contribution in [2.75, 3.05) is 13.7 Å². The fraction of sp³-hybridized carbons (Fsp3) is 0.636. The zero-order valence-electron chi connectivity index (χ0n) is 8.64. The predicted molar refractivity (Wildman–Crippen MR) is 56.3 cm³/mol. The van der Waals surface area contributed by atoms with Gasteiger partial charge in [-0.1, -0.05) is 0 Å². The Bertz CT molecular complexity index is 279. The van der Waals surface area contributed by atoms with Crippen molar-refractivity contribution in [1.82, 2.24) is 10.3 Å². The zero-order valence-corrected chi connectivity index (χ0v) is 8.64. The predicted octanol–water partition coefficient (Wildman–Crippen LogP) is 1.15. The van der Waals surface area contributed by atoms with Gasteiger partial charge in [0.05, 0.1) is 12.6 Å². The van der Waals surface area contributed by atoms with Gasteiger partial charge in [0.25, 0.3) is 0 Å². The van der Waals surface area contributed by atoms with Gasteiger partial charge in [0, 0.05) is 11.4 Å². The summed E-state index contributed by atoms with van der Waals surface area (Å²) >= 11 is 0. The van der Waals surface area contributed by atoms with E-state index in [1.807, 2.05) is 7.05 Å². The summed E-state index contributed by atoms with van der Waals surface area (Å²) in [6, 6.07) is 2.26. The highest BCUT2D eigenvalue weighted by Crippen LogP contribution is 2.24. The van der Waals surface area contributed by atoms with Crippen molar-refractivity contribution in [2.45, 2.75) is 31.7 Å². The van der Waals surface area contributed by atoms with Crippen molar-refractivity contribution >= 4 is 0 Å². The van der Waals surface area contributed by atoms with E-state index in [2.05, 4.69) is 16.4 Å². The second-order valence-electron chi connectivity index (χ2n) is 3.96. The molecule has 1 unspecified atom stereocenters. The molecule has 1 aliphatic rings. The van der Waals surface area contributed by atoms with Crippen molar-refractivity contribution in [2.24, 2.45) is 0 Å². The summed E-state index contributed by atoms with van der Waals surface area (Å²) in [4.78, 5) is 3.41. The van der Waals surface area contributed by atoms with Gasteiger partial charge in [0.1, 0.15) is 0 Å². The Morgan fingerprint density at radius 3 is 2.93 bits per heavy atom. The monoisotopic (exact) mass is 194 g/mol. The number of hydrogen-bond donors (Lipinski definition) is 3. The standard InChI is InChI=1S/C11H18N2O/c1-12-11(7-14)10-6-8-4-2-3-5-9(8)13-10/h6,11-14H,2-5,7H2,1H3. The van der Waals surface area contributed by atoms with Gasteiger partial charge in [-0.2, -0.15) is 0 Å². The van der Waals surface area contributed by atoms with Crippen molar-refractivity contribution in [1.29, 1.82) is 0 Å². The number of fused-ring (bicyclic) bond motifs is 1. The molecule has 0 amide bonds. The second kappa shape index (κ2) is 4.15. The molecule has 1 atom stereocenters. The Kier molecular flexibility index (Phi) is 2.89. The molecule has 0 aliphatic heterocycles. The molecule has 1 aliphatic carbocycles. The van der Waals surface area contributed by atoms with Gasteiger partial charge in [-0.25, -0.2) is 0 Å². The molecule has 0 radical (unpaired) electrons. The van der Waals surface area contributed by atoms with E-state index < -0.39 is 0 Å². The molecule has 1 heterocycles. The molecule has 3 nitrogen and oxygen atoms in total. The van der Waals surface area contributed by atoms with Crippen LogP contribution in [0.25, 0.3) is 0 Å². The van der Waals surface area contributed by atoms with E-state index in [1.165, 1.54) is 30.5 Å². The molecule has 78 valence electrons. The molecule has 1 aromatic heterocycles. The largest absolute Gasteiger partial charge is 0.394 e. The van der Waals surface area contributed by atoms with Crippen LogP contribution >= 0.6 is 0 Å². The first kappa shape index (κ1) is 9.74. The number of rotatable bonds is 3. The maximum absolute atomic E-state index is 9.16. The van der Waals surface area contributed by atoms with Crippen LogP contribution in [-0.2, 0) is 12.8 Å². The topological polar surface area (TPSA) is 48.0 Å². The zero-order chi connectivity index (χ0) is 9.97. The van der Waals surface area contributed by atoms with Crippen LogP contribution < -0.4 is 5.32 Å². The van der Waals surface area contributed by atoms with E-state index in [-0.39, 0.29) is 12.6 Å². The molecule has 2 rings (SSSR count). The lowest BCUT2D eigenvalue weighted by Gasteiger charge is -2.10. The smallest absolute Gasteiger partial charge is 0.0705 e. The van der Waals surface area contributed by atoms with Crippen LogP contribution in [0.4, 0.5) is 0 Å². The molecule has 3 heteroatoms. The van der Waals surface area contributed by atoms with E-state index in [0.717, 1.165) is 12.1 Å². The molecular weight excluding hydrogens is 176 g/mol. The highest BCUT2D eigenvalue weighted by molar-refractivity contribution is 5.29. The Morgan fingerprint density at radius 1 is 1.50 bits per heavy atom. The number of H-pyrrole nitrogens is 1. The van der Waals surface area contributed by atoms with Crippen LogP contribution in [0, 0.1) is 0 Å². The molecule has 0 bridgehead atoms. The fourth-order valence-electron chi connectivity index (χ4n) is 2.16. The number of aromatic amines is 1. The van der Waals surface area contributed by atoms with Crippen molar-refractivity contribution in [3.8, 4) is 0 Å². The van der Waals surface area contributed by atoms with E-state index in [9.17, 15) is 0 Å². The highest BCUT2D eigenvalue weighted by Gasteiger charge is 2.16. The first-order valence-electron chi connectivity index (χ1n) is 5.34. The highest BCUT2D eigenvalue weighted by atomic mass is 16.3. The first-order valence-corrected chi connectivity index (χ1v) is 5.34. The molecule has 0 aromatic carbocycles. The summed E-state index contributed by atoms with van der Waals surface area (Å²) in [7, 11) is 1.88. The third-order valence-corrected chi connectivity index (χ3v) is 3.04. The molecular formula is C11H18N2O. The van der Waals surface area contributed by atoms with Crippen molar-refractivity contribution in [3.63, 3.8) is 0 Å². The van der Waals surface area contributed by atoms with Crippen LogP contribution in [0.1, 0.15) is 35.8 Å². The summed E-state index contributed by atoms with van der Waals surface area (Å²) in [5.41, 5.74) is 3.95. The lowest BCUT2D eigenvalue weighted by Crippen LogP contribution is -2.20. The summed E-state index contributed by atoms with van der Waals surface area (Å²) < 4.78 is 0. The minimum atomic E-state index is 0.0561. The van der Waals surface area contributed by atoms with Crippen molar-refractivity contribution < 1.29 is 5.11 Å². The van der Waals surface area contributed by atoms with Gasteiger partial charge in [0.15, 0.2) is 0 Å². The van der Waals surface area contributed by atoms with E-state index >= 15 is 0 Å². The van der Waals surface area contributed by atoms with Crippen LogP contribution in [0.3, 0.4) is 0 Å². The molecule has 0 fully saturated rings. The third-order valence-electron chi connectivity index (χ3n) is 3.04. The van der Waals surface area contributed by atoms with E-state index in [1.54, 1.807) is 0 Å². The summed E-state index contributed by atoms with van der Waals surface area (Å²) in [6.07, 6.45) is 4.94. The summed E-state index contributed by atoms with van der Waals surface area (Å²) in [5.74, 6) is 0. The van der Waals surface area contributed by atoms with Crippen LogP contribution in [0.2, 0.25) is 0 Å². The number of hydrogen-bond acceptors (Lipinski definition) is 2. The summed E-state index contributed by atoms with van der Waals surface area (Å²) in [6.45, 7) is 0.149. The average molecular weight is 194 g/mol. The molecule has 1 aromatic rings. The van der Waals surface area contributed by atoms with E-state index in [0.29, 0.717) is 0 Å². The number of aliphatic hydroxyl groups excluding tert-OH is 1. The SMILES string of the molecule is CNC(CO)c1cc2c([nH]1)CCCC2. The van der Waals surface area contributed by atoms with Gasteiger partial charge in [-0.3, -0.25) is 0 Å². The van der Waals surface area contributed by atoms with Gasteiger partial charge in [-0.15, -0.1) is 0 Å². The number of nitrogens with one attached hydrogen (secondary N) is 2. The minimum absolute atomic E-state index is 0.0561. The van der Waals surface area contributed by atoms with Gasteiger partial charge >= 0.3 is 0 Å². The molecule has 14 heavy (non-hydrogen) atoms. The van der Waals surface area contributed by atoms with Crippen LogP contribution in [0.5, 0.6) is 0 Å². The van der Waals surface area contributed by atoms with Gasteiger partial charge in [0.2, 0.25) is 0 Å². The normalized spacial score (nSPS) is 17.9. The Morgan fingerprint density at radius 2 is 2.29 bits per heavy atom.